The normalized spacial score (nSPS) is 13.8. The van der Waals surface area contributed by atoms with Gasteiger partial charge in [0.05, 0.1) is 13.2 Å². The topological polar surface area (TPSA) is 55.8 Å². The highest BCUT2D eigenvalue weighted by atomic mass is 16.6. The van der Waals surface area contributed by atoms with E-state index >= 15 is 0 Å². The molecule has 0 aliphatic rings. The van der Waals surface area contributed by atoms with E-state index in [1.54, 1.807) is 0 Å². The van der Waals surface area contributed by atoms with Gasteiger partial charge in [-0.25, -0.2) is 0 Å². The average molecular weight is 783 g/mol. The predicted molar refractivity (Wildman–Crippen MR) is 250 cm³/mol. The van der Waals surface area contributed by atoms with Crippen molar-refractivity contribution in [3.05, 3.63) is 146 Å². The Morgan fingerprint density at radius 3 is 1.11 bits per heavy atom. The molecular weight excluding hydrogens is 701 g/mol. The summed E-state index contributed by atoms with van der Waals surface area (Å²) in [5, 5.41) is 9.61. The Balaban J connectivity index is 3.65. The number of aliphatic hydroxyl groups is 1. The number of carbonyl (C=O) groups excluding carboxylic acids is 1. The Morgan fingerprint density at radius 1 is 0.421 bits per heavy atom. The smallest absolute Gasteiger partial charge is 0.306 e. The lowest BCUT2D eigenvalue weighted by Crippen LogP contribution is -2.27. The van der Waals surface area contributed by atoms with Gasteiger partial charge in [0, 0.05) is 13.0 Å². The van der Waals surface area contributed by atoms with Gasteiger partial charge >= 0.3 is 5.97 Å². The second-order valence-corrected chi connectivity index (χ2v) is 14.0. The van der Waals surface area contributed by atoms with Crippen LogP contribution in [0, 0.1) is 0 Å². The molecule has 0 saturated heterocycles. The molecule has 4 heteroatoms. The molecule has 0 bridgehead atoms. The number of allylic oxidation sites excluding steroid dienone is 24. The number of carbonyl (C=O) groups is 1. The molecule has 57 heavy (non-hydrogen) atoms. The van der Waals surface area contributed by atoms with Gasteiger partial charge in [-0.3, -0.25) is 4.79 Å². The first-order valence-corrected chi connectivity index (χ1v) is 22.4. The van der Waals surface area contributed by atoms with Gasteiger partial charge in [-0.15, -0.1) is 0 Å². The van der Waals surface area contributed by atoms with Crippen LogP contribution in [0.15, 0.2) is 146 Å². The molecule has 1 unspecified atom stereocenters. The predicted octanol–water partition coefficient (Wildman–Crippen LogP) is 15.2. The first kappa shape index (κ1) is 53.3. The third-order valence-electron chi connectivity index (χ3n) is 8.66. The van der Waals surface area contributed by atoms with Crippen LogP contribution >= 0.6 is 0 Å². The molecule has 4 nitrogen and oxygen atoms in total. The third-order valence-corrected chi connectivity index (χ3v) is 8.66. The Hall–Kier alpha value is -3.73. The maximum Gasteiger partial charge on any atom is 0.306 e. The second-order valence-electron chi connectivity index (χ2n) is 14.0. The molecule has 0 spiro atoms. The standard InChI is InChI=1S/C53H82O4/c1-3-5-7-9-11-13-15-17-19-21-23-25-26-27-28-29-30-32-34-36-38-40-42-44-46-48-53(55)57-52(50-54)51-56-49-47-45-43-41-39-37-35-33-31-24-22-20-18-16-14-12-10-8-6-4-2/h5-8,11-14,17-20,23-25,27-28,30-32,35,37,41,43,52,54H,3-4,9-10,15-16,21-22,26,29,33-34,36,38-40,42,44-51H2,1-2H3/b7-5-,8-6-,13-11-,14-12-,19-17-,20-18-,25-23-,28-27-,31-24-,32-30-,37-35-,43-41-. The first-order valence-electron chi connectivity index (χ1n) is 22.4. The summed E-state index contributed by atoms with van der Waals surface area (Å²) in [7, 11) is 0. The van der Waals surface area contributed by atoms with Gasteiger partial charge in [0.2, 0.25) is 0 Å². The lowest BCUT2D eigenvalue weighted by molar-refractivity contribution is -0.154. The zero-order valence-electron chi connectivity index (χ0n) is 36.3. The maximum absolute atomic E-state index is 12.2. The highest BCUT2D eigenvalue weighted by Gasteiger charge is 2.13. The third kappa shape index (κ3) is 46.5. The second kappa shape index (κ2) is 48.4. The number of unbranched alkanes of at least 4 members (excludes halogenated alkanes) is 7. The summed E-state index contributed by atoms with van der Waals surface area (Å²) >= 11 is 0. The van der Waals surface area contributed by atoms with Gasteiger partial charge in [0.25, 0.3) is 0 Å². The lowest BCUT2D eigenvalue weighted by atomic mass is 10.1. The number of ether oxygens (including phenoxy) is 2. The highest BCUT2D eigenvalue weighted by molar-refractivity contribution is 5.69. The largest absolute Gasteiger partial charge is 0.457 e. The minimum Gasteiger partial charge on any atom is -0.457 e. The van der Waals surface area contributed by atoms with E-state index in [2.05, 4.69) is 160 Å². The van der Waals surface area contributed by atoms with Crippen LogP contribution in [-0.4, -0.2) is 37.0 Å². The minimum absolute atomic E-state index is 0.213. The average Bonchev–Trinajstić information content (AvgIpc) is 3.22. The molecule has 0 fully saturated rings. The summed E-state index contributed by atoms with van der Waals surface area (Å²) in [5.74, 6) is -0.242. The van der Waals surface area contributed by atoms with Crippen LogP contribution in [-0.2, 0) is 14.3 Å². The van der Waals surface area contributed by atoms with E-state index in [4.69, 9.17) is 9.47 Å². The van der Waals surface area contributed by atoms with Crippen LogP contribution in [0.3, 0.4) is 0 Å². The van der Waals surface area contributed by atoms with E-state index in [0.29, 0.717) is 13.0 Å². The van der Waals surface area contributed by atoms with E-state index < -0.39 is 6.10 Å². The molecule has 0 aromatic carbocycles. The van der Waals surface area contributed by atoms with Gasteiger partial charge in [0.1, 0.15) is 6.10 Å². The molecule has 0 aromatic rings. The van der Waals surface area contributed by atoms with Crippen molar-refractivity contribution in [3.63, 3.8) is 0 Å². The summed E-state index contributed by atoms with van der Waals surface area (Å²) in [4.78, 5) is 12.2. The van der Waals surface area contributed by atoms with Crippen molar-refractivity contribution in [2.75, 3.05) is 19.8 Å². The number of hydrogen-bond acceptors (Lipinski definition) is 4. The van der Waals surface area contributed by atoms with Crippen molar-refractivity contribution >= 4 is 5.97 Å². The molecule has 0 amide bonds. The van der Waals surface area contributed by atoms with Crippen LogP contribution < -0.4 is 0 Å². The van der Waals surface area contributed by atoms with E-state index in [-0.39, 0.29) is 19.2 Å². The quantitative estimate of drug-likeness (QED) is 0.0383. The maximum atomic E-state index is 12.2. The van der Waals surface area contributed by atoms with Gasteiger partial charge in [-0.1, -0.05) is 185 Å². The SMILES string of the molecule is CC/C=C\C/C=C\C/C=C\C/C=C\C/C=C\C/C=C\CCCCCCCCC(=O)OC(CO)COCCC/C=C\C/C=C\C/C=C\C/C=C\C/C=C\C/C=C\CC. The summed E-state index contributed by atoms with van der Waals surface area (Å²) in [6, 6.07) is 0. The van der Waals surface area contributed by atoms with E-state index in [0.717, 1.165) is 116 Å². The van der Waals surface area contributed by atoms with Crippen molar-refractivity contribution in [1.82, 2.24) is 0 Å². The molecule has 0 saturated carbocycles. The summed E-state index contributed by atoms with van der Waals surface area (Å²) in [5.41, 5.74) is 0. The Bertz CT molecular complexity index is 1230. The zero-order valence-corrected chi connectivity index (χ0v) is 36.3. The molecule has 1 atom stereocenters. The number of rotatable bonds is 39. The van der Waals surface area contributed by atoms with E-state index in [1.807, 2.05) is 0 Å². The molecule has 0 aliphatic heterocycles. The molecule has 0 heterocycles. The highest BCUT2D eigenvalue weighted by Crippen LogP contribution is 2.11. The van der Waals surface area contributed by atoms with Crippen LogP contribution in [0.2, 0.25) is 0 Å². The van der Waals surface area contributed by atoms with Crippen LogP contribution in [0.25, 0.3) is 0 Å². The molecular formula is C53H82O4. The van der Waals surface area contributed by atoms with Crippen LogP contribution in [0.5, 0.6) is 0 Å². The molecule has 318 valence electrons. The van der Waals surface area contributed by atoms with Crippen molar-refractivity contribution < 1.29 is 19.4 Å². The van der Waals surface area contributed by atoms with Gasteiger partial charge < -0.3 is 14.6 Å². The fourth-order valence-corrected chi connectivity index (χ4v) is 5.40. The van der Waals surface area contributed by atoms with Crippen molar-refractivity contribution in [3.8, 4) is 0 Å². The summed E-state index contributed by atoms with van der Waals surface area (Å²) < 4.78 is 11.1. The van der Waals surface area contributed by atoms with Crippen LogP contribution in [0.1, 0.15) is 155 Å². The van der Waals surface area contributed by atoms with Crippen molar-refractivity contribution in [2.45, 2.75) is 161 Å². The monoisotopic (exact) mass is 783 g/mol. The number of esters is 1. The van der Waals surface area contributed by atoms with Gasteiger partial charge in [0.15, 0.2) is 0 Å². The van der Waals surface area contributed by atoms with Gasteiger partial charge in [-0.2, -0.15) is 0 Å². The minimum atomic E-state index is -0.586. The first-order chi connectivity index (χ1) is 28.2. The molecule has 0 aliphatic carbocycles. The number of aliphatic hydroxyl groups excluding tert-OH is 1. The fraction of sp³-hybridized carbons (Fsp3) is 0.528. The summed E-state index contributed by atoms with van der Waals surface area (Å²) in [6.45, 7) is 4.93. The fourth-order valence-electron chi connectivity index (χ4n) is 5.40. The summed E-state index contributed by atoms with van der Waals surface area (Å²) in [6.07, 6.45) is 74.9. The zero-order chi connectivity index (χ0) is 41.2. The Kier molecular flexibility index (Phi) is 45.3. The Labute approximate surface area is 351 Å². The Morgan fingerprint density at radius 2 is 0.737 bits per heavy atom. The van der Waals surface area contributed by atoms with Crippen LogP contribution in [0.4, 0.5) is 0 Å². The molecule has 0 aromatic heterocycles. The molecule has 0 radical (unpaired) electrons. The van der Waals surface area contributed by atoms with Gasteiger partial charge in [-0.05, 0) is 109 Å². The molecule has 1 N–H and O–H groups in total. The van der Waals surface area contributed by atoms with Crippen molar-refractivity contribution in [1.29, 1.82) is 0 Å². The number of hydrogen-bond donors (Lipinski definition) is 1. The van der Waals surface area contributed by atoms with E-state index in [9.17, 15) is 9.90 Å². The van der Waals surface area contributed by atoms with E-state index in [1.165, 1.54) is 19.3 Å². The van der Waals surface area contributed by atoms with Crippen molar-refractivity contribution in [2.24, 2.45) is 0 Å². The lowest BCUT2D eigenvalue weighted by Gasteiger charge is -2.15. The molecule has 0 rings (SSSR count).